The lowest BCUT2D eigenvalue weighted by atomic mass is 10.1. The Labute approximate surface area is 156 Å². The van der Waals surface area contributed by atoms with Crippen LogP contribution in [-0.4, -0.2) is 14.4 Å². The molecule has 26 heavy (non-hydrogen) atoms. The Kier molecular flexibility index (Phi) is 5.39. The molecule has 0 saturated heterocycles. The van der Waals surface area contributed by atoms with E-state index in [1.807, 2.05) is 30.3 Å². The number of carbonyl (C=O) groups is 1. The largest absolute Gasteiger partial charge is 0.454 e. The van der Waals surface area contributed by atoms with Crippen molar-refractivity contribution in [3.63, 3.8) is 0 Å². The maximum atomic E-state index is 12.6. The van der Waals surface area contributed by atoms with E-state index in [2.05, 4.69) is 4.72 Å². The summed E-state index contributed by atoms with van der Waals surface area (Å²) in [6.07, 6.45) is -0.453. The minimum absolute atomic E-state index is 0.162. The van der Waals surface area contributed by atoms with Gasteiger partial charge >= 0.3 is 5.97 Å². The van der Waals surface area contributed by atoms with Crippen LogP contribution in [0.25, 0.3) is 0 Å². The second-order valence-corrected chi connectivity index (χ2v) is 8.40. The molecule has 1 N–H and O–H groups in total. The van der Waals surface area contributed by atoms with Gasteiger partial charge < -0.3 is 4.74 Å². The van der Waals surface area contributed by atoms with Crippen molar-refractivity contribution in [3.8, 4) is 0 Å². The molecule has 1 aromatic heterocycles. The van der Waals surface area contributed by atoms with Gasteiger partial charge in [-0.25, -0.2) is 13.2 Å². The molecule has 0 aliphatic heterocycles. The minimum Gasteiger partial charge on any atom is -0.454 e. The number of carbonyl (C=O) groups excluding carboxylic acids is 1. The van der Waals surface area contributed by atoms with Gasteiger partial charge in [0.25, 0.3) is 10.0 Å². The molecule has 0 fully saturated rings. The number of nitrogens with one attached hydrogen (secondary N) is 1. The third kappa shape index (κ3) is 4.12. The molecule has 1 heterocycles. The first-order valence-corrected chi connectivity index (χ1v) is 10.2. The molecule has 5 nitrogen and oxygen atoms in total. The first-order chi connectivity index (χ1) is 12.5. The third-order valence-corrected chi connectivity index (χ3v) is 6.47. The summed E-state index contributed by atoms with van der Waals surface area (Å²) < 4.78 is 33.0. The molecule has 0 saturated carbocycles. The highest BCUT2D eigenvalue weighted by molar-refractivity contribution is 7.94. The zero-order valence-corrected chi connectivity index (χ0v) is 15.6. The van der Waals surface area contributed by atoms with Gasteiger partial charge in [0.2, 0.25) is 0 Å². The van der Waals surface area contributed by atoms with Gasteiger partial charge in [0.15, 0.2) is 0 Å². The predicted octanol–water partition coefficient (Wildman–Crippen LogP) is 4.47. The van der Waals surface area contributed by atoms with E-state index >= 15 is 0 Å². The number of hydrogen-bond donors (Lipinski definition) is 1. The van der Waals surface area contributed by atoms with Gasteiger partial charge in [0, 0.05) is 0 Å². The summed E-state index contributed by atoms with van der Waals surface area (Å²) in [5.41, 5.74) is 1.21. The van der Waals surface area contributed by atoms with Gasteiger partial charge in [-0.15, -0.1) is 11.3 Å². The predicted molar refractivity (Wildman–Crippen MR) is 102 cm³/mol. The fourth-order valence-electron chi connectivity index (χ4n) is 2.38. The third-order valence-electron chi connectivity index (χ3n) is 3.70. The Balaban J connectivity index is 1.82. The summed E-state index contributed by atoms with van der Waals surface area (Å²) in [6, 6.07) is 18.9. The van der Waals surface area contributed by atoms with Crippen molar-refractivity contribution in [2.45, 2.75) is 17.2 Å². The molecule has 134 valence electrons. The summed E-state index contributed by atoms with van der Waals surface area (Å²) >= 11 is 1.10. The summed E-state index contributed by atoms with van der Waals surface area (Å²) in [6.45, 7) is 1.77. The highest BCUT2D eigenvalue weighted by atomic mass is 32.2. The Morgan fingerprint density at radius 1 is 1.00 bits per heavy atom. The zero-order chi connectivity index (χ0) is 18.6. The van der Waals surface area contributed by atoms with Crippen LogP contribution in [0.5, 0.6) is 0 Å². The molecule has 2 aromatic carbocycles. The Morgan fingerprint density at radius 2 is 1.69 bits per heavy atom. The molecule has 3 aromatic rings. The zero-order valence-electron chi connectivity index (χ0n) is 14.0. The van der Waals surface area contributed by atoms with E-state index in [0.717, 1.165) is 16.9 Å². The summed E-state index contributed by atoms with van der Waals surface area (Å²) in [5.74, 6) is -0.592. The number of rotatable bonds is 6. The average molecular weight is 387 g/mol. The quantitative estimate of drug-likeness (QED) is 0.634. The maximum Gasteiger partial charge on any atom is 0.340 e. The SMILES string of the molecule is C[C@@H](OC(=O)c1ccccc1NS(=O)(=O)c1cccs1)c1ccccc1. The molecule has 0 spiro atoms. The van der Waals surface area contributed by atoms with Crippen LogP contribution in [0.4, 0.5) is 5.69 Å². The second-order valence-electron chi connectivity index (χ2n) is 5.54. The summed E-state index contributed by atoms with van der Waals surface area (Å²) in [5, 5.41) is 1.68. The van der Waals surface area contributed by atoms with E-state index < -0.39 is 22.1 Å². The number of thiophene rings is 1. The number of hydrogen-bond acceptors (Lipinski definition) is 5. The van der Waals surface area contributed by atoms with E-state index in [4.69, 9.17) is 4.74 Å². The van der Waals surface area contributed by atoms with Crippen molar-refractivity contribution in [1.82, 2.24) is 0 Å². The van der Waals surface area contributed by atoms with Crippen LogP contribution >= 0.6 is 11.3 Å². The van der Waals surface area contributed by atoms with Gasteiger partial charge in [0.1, 0.15) is 10.3 Å². The molecule has 0 radical (unpaired) electrons. The van der Waals surface area contributed by atoms with Gasteiger partial charge in [-0.2, -0.15) is 0 Å². The van der Waals surface area contributed by atoms with Crippen LogP contribution in [0.2, 0.25) is 0 Å². The standard InChI is InChI=1S/C19H17NO4S2/c1-14(15-8-3-2-4-9-15)24-19(21)16-10-5-6-11-17(16)20-26(22,23)18-12-7-13-25-18/h2-14,20H,1H3/t14-/m1/s1. The van der Waals surface area contributed by atoms with Crippen LogP contribution in [0.1, 0.15) is 28.9 Å². The maximum absolute atomic E-state index is 12.6. The molecule has 3 rings (SSSR count). The van der Waals surface area contributed by atoms with Crippen molar-refractivity contribution >= 4 is 33.0 Å². The fraction of sp³-hybridized carbons (Fsp3) is 0.105. The van der Waals surface area contributed by atoms with Crippen LogP contribution in [0, 0.1) is 0 Å². The first-order valence-electron chi connectivity index (χ1n) is 7.88. The van der Waals surface area contributed by atoms with Crippen molar-refractivity contribution in [3.05, 3.63) is 83.2 Å². The van der Waals surface area contributed by atoms with Crippen LogP contribution in [-0.2, 0) is 14.8 Å². The molecular formula is C19H17NO4S2. The van der Waals surface area contributed by atoms with Crippen molar-refractivity contribution in [2.24, 2.45) is 0 Å². The summed E-state index contributed by atoms with van der Waals surface area (Å²) in [4.78, 5) is 12.6. The van der Waals surface area contributed by atoms with Crippen molar-refractivity contribution in [1.29, 1.82) is 0 Å². The van der Waals surface area contributed by atoms with E-state index in [1.54, 1.807) is 30.5 Å². The molecule has 0 unspecified atom stereocenters. The molecule has 0 bridgehead atoms. The lowest BCUT2D eigenvalue weighted by Crippen LogP contribution is -2.16. The number of benzene rings is 2. The molecule has 0 aliphatic rings. The molecule has 7 heteroatoms. The van der Waals surface area contributed by atoms with Gasteiger partial charge in [0.05, 0.1) is 11.3 Å². The minimum atomic E-state index is -3.75. The highest BCUT2D eigenvalue weighted by Crippen LogP contribution is 2.25. The molecular weight excluding hydrogens is 370 g/mol. The fourth-order valence-corrected chi connectivity index (χ4v) is 4.45. The van der Waals surface area contributed by atoms with E-state index in [0.29, 0.717) is 0 Å². The highest BCUT2D eigenvalue weighted by Gasteiger charge is 2.21. The number of sulfonamides is 1. The van der Waals surface area contributed by atoms with Crippen LogP contribution < -0.4 is 4.72 Å². The smallest absolute Gasteiger partial charge is 0.340 e. The second kappa shape index (κ2) is 7.72. The lowest BCUT2D eigenvalue weighted by molar-refractivity contribution is 0.0339. The number of ether oxygens (including phenoxy) is 1. The normalized spacial score (nSPS) is 12.3. The molecule has 0 aliphatic carbocycles. The van der Waals surface area contributed by atoms with Gasteiger partial charge in [-0.1, -0.05) is 48.5 Å². The topological polar surface area (TPSA) is 72.5 Å². The lowest BCUT2D eigenvalue weighted by Gasteiger charge is -2.16. The Morgan fingerprint density at radius 3 is 2.38 bits per heavy atom. The Bertz CT molecular complexity index is 983. The Hall–Kier alpha value is -2.64. The van der Waals surface area contributed by atoms with Crippen LogP contribution in [0.15, 0.2) is 76.3 Å². The van der Waals surface area contributed by atoms with Gasteiger partial charge in [-0.05, 0) is 36.1 Å². The number of esters is 1. The monoisotopic (exact) mass is 387 g/mol. The molecule has 1 atom stereocenters. The first kappa shape index (κ1) is 18.2. The van der Waals surface area contributed by atoms with Crippen molar-refractivity contribution < 1.29 is 17.9 Å². The average Bonchev–Trinajstić information content (AvgIpc) is 3.18. The number of para-hydroxylation sites is 1. The van der Waals surface area contributed by atoms with Crippen molar-refractivity contribution in [2.75, 3.05) is 4.72 Å². The van der Waals surface area contributed by atoms with E-state index in [-0.39, 0.29) is 15.5 Å². The molecule has 0 amide bonds. The van der Waals surface area contributed by atoms with E-state index in [1.165, 1.54) is 18.2 Å². The summed E-state index contributed by atoms with van der Waals surface area (Å²) in [7, 11) is -3.75. The number of anilines is 1. The van der Waals surface area contributed by atoms with Crippen LogP contribution in [0.3, 0.4) is 0 Å². The van der Waals surface area contributed by atoms with E-state index in [9.17, 15) is 13.2 Å². The van der Waals surface area contributed by atoms with Gasteiger partial charge in [-0.3, -0.25) is 4.72 Å².